The smallest absolute Gasteiger partial charge is 0.265 e. The quantitative estimate of drug-likeness (QED) is 0.254. The molecule has 2 bridgehead atoms. The largest absolute Gasteiger partial charge is 0.309 e. The topological polar surface area (TPSA) is 81.2 Å². The molecule has 0 fully saturated rings. The summed E-state index contributed by atoms with van der Waals surface area (Å²) in [7, 11) is -4.13. The number of anilines is 2. The average Bonchev–Trinajstić information content (AvgIpc) is 2.97. The molecule has 43 heavy (non-hydrogen) atoms. The summed E-state index contributed by atoms with van der Waals surface area (Å²) in [5.74, 6) is 0. The number of hydrogen-bond acceptors (Lipinski definition) is 6. The van der Waals surface area contributed by atoms with Gasteiger partial charge in [0.2, 0.25) is 0 Å². The first-order valence-corrected chi connectivity index (χ1v) is 17.2. The predicted octanol–water partition coefficient (Wildman–Crippen LogP) is 5.67. The second kappa shape index (κ2) is 11.1. The van der Waals surface area contributed by atoms with Gasteiger partial charge in [-0.05, 0) is 77.3 Å². The highest BCUT2D eigenvalue weighted by atomic mass is 32.2. The van der Waals surface area contributed by atoms with Crippen molar-refractivity contribution in [2.45, 2.75) is 42.4 Å². The Kier molecular flexibility index (Phi) is 7.58. The molecule has 8 nitrogen and oxygen atoms in total. The number of para-hydroxylation sites is 2. The number of fused-ring (bicyclic) bond motifs is 6. The Morgan fingerprint density at radius 1 is 0.605 bits per heavy atom. The molecule has 2 aliphatic rings. The van der Waals surface area contributed by atoms with E-state index in [4.69, 9.17) is 0 Å². The van der Waals surface area contributed by atoms with E-state index in [0.717, 1.165) is 17.7 Å². The van der Waals surface area contributed by atoms with E-state index in [1.165, 1.54) is 8.61 Å². The van der Waals surface area contributed by atoms with E-state index in [1.807, 2.05) is 57.1 Å². The molecule has 10 heteroatoms. The minimum Gasteiger partial charge on any atom is -0.309 e. The highest BCUT2D eigenvalue weighted by molar-refractivity contribution is 7.93. The summed E-state index contributed by atoms with van der Waals surface area (Å²) in [6.45, 7) is 5.07. The van der Waals surface area contributed by atoms with E-state index in [1.54, 1.807) is 72.8 Å². The monoisotopic (exact) mass is 616 g/mol. The molecule has 0 aromatic heterocycles. The summed E-state index contributed by atoms with van der Waals surface area (Å²) in [5, 5.41) is 0. The third-order valence-electron chi connectivity index (χ3n) is 8.15. The zero-order valence-corrected chi connectivity index (χ0v) is 26.4. The van der Waals surface area contributed by atoms with Crippen LogP contribution in [0.3, 0.4) is 0 Å². The van der Waals surface area contributed by atoms with Crippen molar-refractivity contribution in [3.05, 3.63) is 119 Å². The van der Waals surface area contributed by atoms with E-state index in [0.29, 0.717) is 35.5 Å². The Balaban J connectivity index is 1.62. The highest BCUT2D eigenvalue weighted by Crippen LogP contribution is 2.56. The highest BCUT2D eigenvalue weighted by Gasteiger charge is 2.54. The number of sulfonamides is 2. The number of rotatable bonds is 8. The van der Waals surface area contributed by atoms with Gasteiger partial charge in [-0.3, -0.25) is 4.90 Å². The Morgan fingerprint density at radius 3 is 1.40 bits per heavy atom. The maximum absolute atomic E-state index is 14.6. The SMILES string of the molecule is Cc1ccc(S(=O)(=O)N2c3ccccc3C3N(CCCN(C)C)C2c2ccccc2N3S(=O)(=O)c2ccc(C)cc2)cc1. The number of aryl methyl sites for hydroxylation is 2. The normalized spacial score (nSPS) is 18.4. The van der Waals surface area contributed by atoms with Crippen molar-refractivity contribution < 1.29 is 16.8 Å². The summed E-state index contributed by atoms with van der Waals surface area (Å²) in [6.07, 6.45) is -0.802. The Hall–Kier alpha value is -3.70. The molecule has 4 aromatic rings. The maximum atomic E-state index is 14.6. The predicted molar refractivity (Wildman–Crippen MR) is 170 cm³/mol. The van der Waals surface area contributed by atoms with Crippen molar-refractivity contribution in [3.8, 4) is 0 Å². The van der Waals surface area contributed by atoms with Gasteiger partial charge in [0, 0.05) is 17.7 Å². The van der Waals surface area contributed by atoms with E-state index < -0.39 is 32.4 Å². The molecule has 2 atom stereocenters. The van der Waals surface area contributed by atoms with Crippen molar-refractivity contribution in [2.24, 2.45) is 0 Å². The fraction of sp³-hybridized carbons (Fsp3) is 0.273. The molecule has 0 N–H and O–H groups in total. The zero-order chi connectivity index (χ0) is 30.5. The van der Waals surface area contributed by atoms with Crippen molar-refractivity contribution >= 4 is 31.4 Å². The van der Waals surface area contributed by atoms with E-state index in [2.05, 4.69) is 4.90 Å². The Bertz CT molecular complexity index is 1730. The molecule has 0 amide bonds. The number of benzene rings is 4. The molecule has 0 saturated carbocycles. The second-order valence-corrected chi connectivity index (χ2v) is 15.1. The molecular formula is C33H36N4O4S2. The van der Waals surface area contributed by atoms with Crippen LogP contribution in [0.25, 0.3) is 0 Å². The lowest BCUT2D eigenvalue weighted by molar-refractivity contribution is 0.118. The van der Waals surface area contributed by atoms with E-state index in [-0.39, 0.29) is 9.79 Å². The van der Waals surface area contributed by atoms with Crippen LogP contribution >= 0.6 is 0 Å². The van der Waals surface area contributed by atoms with Gasteiger partial charge in [-0.1, -0.05) is 71.8 Å². The molecule has 2 unspecified atom stereocenters. The van der Waals surface area contributed by atoms with Crippen LogP contribution in [0.2, 0.25) is 0 Å². The molecule has 0 spiro atoms. The minimum atomic E-state index is -4.06. The maximum Gasteiger partial charge on any atom is 0.265 e. The summed E-state index contributed by atoms with van der Waals surface area (Å²) >= 11 is 0. The van der Waals surface area contributed by atoms with Crippen molar-refractivity contribution in [3.63, 3.8) is 0 Å². The molecule has 6 rings (SSSR count). The van der Waals surface area contributed by atoms with Gasteiger partial charge >= 0.3 is 0 Å². The fourth-order valence-electron chi connectivity index (χ4n) is 6.07. The Morgan fingerprint density at radius 2 is 1.00 bits per heavy atom. The molecule has 2 aliphatic heterocycles. The summed E-state index contributed by atoms with van der Waals surface area (Å²) in [6, 6.07) is 28.3. The lowest BCUT2D eigenvalue weighted by Gasteiger charge is -2.56. The van der Waals surface area contributed by atoms with Gasteiger partial charge < -0.3 is 4.90 Å². The summed E-state index contributed by atoms with van der Waals surface area (Å²) in [5.41, 5.74) is 4.10. The van der Waals surface area contributed by atoms with Gasteiger partial charge in [0.05, 0.1) is 21.2 Å². The van der Waals surface area contributed by atoms with Gasteiger partial charge in [0.25, 0.3) is 20.0 Å². The van der Waals surface area contributed by atoms with Crippen LogP contribution < -0.4 is 8.61 Å². The van der Waals surface area contributed by atoms with Crippen molar-refractivity contribution in [1.82, 2.24) is 9.80 Å². The van der Waals surface area contributed by atoms with E-state index in [9.17, 15) is 16.8 Å². The molecule has 0 aliphatic carbocycles. The van der Waals surface area contributed by atoms with Gasteiger partial charge in [0.1, 0.15) is 12.3 Å². The van der Waals surface area contributed by atoms with Gasteiger partial charge in [-0.15, -0.1) is 0 Å². The minimum absolute atomic E-state index is 0.187. The van der Waals surface area contributed by atoms with Crippen LogP contribution in [0, 0.1) is 13.8 Å². The number of nitrogens with zero attached hydrogens (tertiary/aromatic N) is 4. The summed E-state index contributed by atoms with van der Waals surface area (Å²) in [4.78, 5) is 4.48. The summed E-state index contributed by atoms with van der Waals surface area (Å²) < 4.78 is 61.3. The third kappa shape index (κ3) is 5.02. The molecule has 0 saturated heterocycles. The van der Waals surface area contributed by atoms with E-state index >= 15 is 0 Å². The first-order valence-electron chi connectivity index (χ1n) is 14.3. The lowest BCUT2D eigenvalue weighted by atomic mass is 9.95. The van der Waals surface area contributed by atoms with Crippen LogP contribution in [0.1, 0.15) is 41.0 Å². The average molecular weight is 617 g/mol. The first-order chi connectivity index (χ1) is 20.5. The molecule has 2 heterocycles. The molecule has 0 radical (unpaired) electrons. The Labute approximate surface area is 254 Å². The third-order valence-corrected chi connectivity index (χ3v) is 11.7. The molecular weight excluding hydrogens is 581 g/mol. The van der Waals surface area contributed by atoms with Crippen LogP contribution in [0.15, 0.2) is 107 Å². The van der Waals surface area contributed by atoms with Crippen LogP contribution in [0.4, 0.5) is 11.4 Å². The van der Waals surface area contributed by atoms with Gasteiger partial charge in [0.15, 0.2) is 0 Å². The van der Waals surface area contributed by atoms with Crippen LogP contribution in [-0.2, 0) is 20.0 Å². The second-order valence-electron chi connectivity index (χ2n) is 11.5. The van der Waals surface area contributed by atoms with Crippen molar-refractivity contribution in [2.75, 3.05) is 35.8 Å². The number of hydrogen-bond donors (Lipinski definition) is 0. The fourth-order valence-corrected chi connectivity index (χ4v) is 9.33. The van der Waals surface area contributed by atoms with Gasteiger partial charge in [-0.25, -0.2) is 25.4 Å². The van der Waals surface area contributed by atoms with Crippen LogP contribution in [0.5, 0.6) is 0 Å². The zero-order valence-electron chi connectivity index (χ0n) is 24.8. The molecule has 4 aromatic carbocycles. The standard InChI is InChI=1S/C33H36N4O4S2/c1-24-14-18-26(19-15-24)42(38,39)36-30-12-7-5-10-28(30)33-35(23-9-22-34(3)4)32(36)29-11-6-8-13-31(29)37(33)43(40,41)27-20-16-25(2)17-21-27/h5-8,10-21,32-33H,9,22-23H2,1-4H3. The molecule has 224 valence electrons. The lowest BCUT2D eigenvalue weighted by Crippen LogP contribution is -2.59. The first kappa shape index (κ1) is 29.4. The van der Waals surface area contributed by atoms with Gasteiger partial charge in [-0.2, -0.15) is 0 Å². The van der Waals surface area contributed by atoms with Crippen molar-refractivity contribution in [1.29, 1.82) is 0 Å². The van der Waals surface area contributed by atoms with Crippen LogP contribution in [-0.4, -0.2) is 53.8 Å².